The van der Waals surface area contributed by atoms with Gasteiger partial charge in [-0.25, -0.2) is 4.98 Å². The number of hydrogen-bond acceptors (Lipinski definition) is 5. The molecule has 0 aliphatic carbocycles. The lowest BCUT2D eigenvalue weighted by molar-refractivity contribution is 0.0956. The molecule has 1 aromatic carbocycles. The van der Waals surface area contributed by atoms with Crippen molar-refractivity contribution in [3.63, 3.8) is 0 Å². The molecule has 5 N–H and O–H groups in total. The molecule has 0 saturated heterocycles. The van der Waals surface area contributed by atoms with Gasteiger partial charge in [0.2, 0.25) is 5.78 Å². The zero-order chi connectivity index (χ0) is 15.2. The molecule has 0 aliphatic heterocycles. The van der Waals surface area contributed by atoms with Crippen molar-refractivity contribution in [3.05, 3.63) is 29.3 Å². The topological polar surface area (TPSA) is 104 Å². The summed E-state index contributed by atoms with van der Waals surface area (Å²) < 4.78 is 0.997. The van der Waals surface area contributed by atoms with Crippen LogP contribution in [0.25, 0.3) is 10.2 Å². The van der Waals surface area contributed by atoms with Gasteiger partial charge in [-0.15, -0.1) is 11.3 Å². The summed E-state index contributed by atoms with van der Waals surface area (Å²) in [6.45, 7) is 0.612. The summed E-state index contributed by atoms with van der Waals surface area (Å²) in [6, 6.07) is 7.12. The van der Waals surface area contributed by atoms with E-state index in [0.717, 1.165) is 16.6 Å². The maximum absolute atomic E-state index is 12.2. The number of para-hydroxylation sites is 1. The van der Waals surface area contributed by atoms with Crippen molar-refractivity contribution in [3.8, 4) is 0 Å². The molecule has 2 aromatic rings. The van der Waals surface area contributed by atoms with E-state index in [2.05, 4.69) is 15.6 Å². The smallest absolute Gasteiger partial charge is 0.208 e. The van der Waals surface area contributed by atoms with Gasteiger partial charge in [0, 0.05) is 13.6 Å². The molecule has 0 fully saturated rings. The predicted octanol–water partition coefficient (Wildman–Crippen LogP) is 1.33. The Morgan fingerprint density at radius 2 is 2.24 bits per heavy atom. The molecular formula is C14H19N5OS. The van der Waals surface area contributed by atoms with Crippen LogP contribution in [0.4, 0.5) is 0 Å². The van der Waals surface area contributed by atoms with Crippen LogP contribution in [0.2, 0.25) is 0 Å². The summed E-state index contributed by atoms with van der Waals surface area (Å²) in [5.41, 5.74) is 6.78. The summed E-state index contributed by atoms with van der Waals surface area (Å²) in [4.78, 5) is 16.6. The van der Waals surface area contributed by atoms with E-state index in [4.69, 9.17) is 11.1 Å². The number of guanidine groups is 1. The fourth-order valence-corrected chi connectivity index (χ4v) is 2.86. The van der Waals surface area contributed by atoms with Crippen molar-refractivity contribution in [2.24, 2.45) is 5.73 Å². The first-order valence-corrected chi connectivity index (χ1v) is 7.59. The maximum atomic E-state index is 12.2. The molecule has 21 heavy (non-hydrogen) atoms. The third-order valence-corrected chi connectivity index (χ3v) is 4.14. The van der Waals surface area contributed by atoms with Gasteiger partial charge in [0.1, 0.15) is 0 Å². The first-order valence-electron chi connectivity index (χ1n) is 6.77. The van der Waals surface area contributed by atoms with Gasteiger partial charge >= 0.3 is 0 Å². The SMILES string of the molecule is CNC(=N)NCCC[C@H](N)C(=O)c1nc2ccccc2s1. The van der Waals surface area contributed by atoms with Gasteiger partial charge in [-0.05, 0) is 25.0 Å². The van der Waals surface area contributed by atoms with E-state index in [1.54, 1.807) is 7.05 Å². The molecule has 0 aliphatic rings. The van der Waals surface area contributed by atoms with E-state index >= 15 is 0 Å². The van der Waals surface area contributed by atoms with Crippen LogP contribution in [0.15, 0.2) is 24.3 Å². The van der Waals surface area contributed by atoms with Gasteiger partial charge < -0.3 is 16.4 Å². The zero-order valence-electron chi connectivity index (χ0n) is 11.8. The number of thiazole rings is 1. The van der Waals surface area contributed by atoms with Crippen LogP contribution in [0, 0.1) is 5.41 Å². The van der Waals surface area contributed by atoms with Crippen LogP contribution in [-0.2, 0) is 0 Å². The van der Waals surface area contributed by atoms with Crippen molar-refractivity contribution >= 4 is 33.3 Å². The number of Topliss-reactive ketones (excluding diaryl/α,β-unsaturated/α-hetero) is 1. The number of nitrogens with two attached hydrogens (primary N) is 1. The van der Waals surface area contributed by atoms with Crippen molar-refractivity contribution in [1.82, 2.24) is 15.6 Å². The summed E-state index contributed by atoms with van der Waals surface area (Å²) in [5.74, 6) is 0.154. The van der Waals surface area contributed by atoms with Crippen LogP contribution < -0.4 is 16.4 Å². The Morgan fingerprint density at radius 3 is 2.95 bits per heavy atom. The van der Waals surface area contributed by atoms with Crippen LogP contribution >= 0.6 is 11.3 Å². The third-order valence-electron chi connectivity index (χ3n) is 3.09. The van der Waals surface area contributed by atoms with Gasteiger partial charge in [0.25, 0.3) is 0 Å². The lowest BCUT2D eigenvalue weighted by Crippen LogP contribution is -2.36. The van der Waals surface area contributed by atoms with Crippen molar-refractivity contribution in [2.45, 2.75) is 18.9 Å². The molecule has 6 nitrogen and oxygen atoms in total. The predicted molar refractivity (Wildman–Crippen MR) is 85.9 cm³/mol. The van der Waals surface area contributed by atoms with E-state index in [1.807, 2.05) is 24.3 Å². The molecule has 0 radical (unpaired) electrons. The largest absolute Gasteiger partial charge is 0.360 e. The van der Waals surface area contributed by atoms with Crippen molar-refractivity contribution < 1.29 is 4.79 Å². The zero-order valence-corrected chi connectivity index (χ0v) is 12.7. The fraction of sp³-hybridized carbons (Fsp3) is 0.357. The Labute approximate surface area is 127 Å². The molecule has 0 unspecified atom stereocenters. The molecule has 0 spiro atoms. The highest BCUT2D eigenvalue weighted by molar-refractivity contribution is 7.20. The Balaban J connectivity index is 1.88. The monoisotopic (exact) mass is 305 g/mol. The van der Waals surface area contributed by atoms with Crippen LogP contribution in [0.1, 0.15) is 22.6 Å². The van der Waals surface area contributed by atoms with Crippen LogP contribution in [0.5, 0.6) is 0 Å². The fourth-order valence-electron chi connectivity index (χ4n) is 1.89. The lowest BCUT2D eigenvalue weighted by atomic mass is 10.1. The minimum atomic E-state index is -0.545. The number of carbonyl (C=O) groups excluding carboxylic acids is 1. The Bertz CT molecular complexity index is 606. The average Bonchev–Trinajstić information content (AvgIpc) is 2.94. The second kappa shape index (κ2) is 7.14. The molecule has 0 amide bonds. The number of hydrogen-bond donors (Lipinski definition) is 4. The lowest BCUT2D eigenvalue weighted by Gasteiger charge is -2.10. The molecule has 1 heterocycles. The second-order valence-electron chi connectivity index (χ2n) is 4.65. The molecule has 0 bridgehead atoms. The summed E-state index contributed by atoms with van der Waals surface area (Å²) in [5, 5.41) is 13.4. The van der Waals surface area contributed by atoms with Gasteiger partial charge in [-0.2, -0.15) is 0 Å². The van der Waals surface area contributed by atoms with E-state index in [1.165, 1.54) is 11.3 Å². The van der Waals surface area contributed by atoms with Gasteiger partial charge in [0.05, 0.1) is 16.3 Å². The number of rotatable bonds is 6. The second-order valence-corrected chi connectivity index (χ2v) is 5.68. The van der Waals surface area contributed by atoms with Crippen LogP contribution in [0.3, 0.4) is 0 Å². The summed E-state index contributed by atoms with van der Waals surface area (Å²) in [6.07, 6.45) is 1.29. The number of benzene rings is 1. The highest BCUT2D eigenvalue weighted by Crippen LogP contribution is 2.22. The van der Waals surface area contributed by atoms with E-state index in [-0.39, 0.29) is 11.7 Å². The molecule has 112 valence electrons. The standard InChI is InChI=1S/C14H19N5OS/c1-17-14(16)18-8-4-5-9(15)12(20)13-19-10-6-2-3-7-11(10)21-13/h2-3,6-7,9H,4-5,8,15H2,1H3,(H3,16,17,18)/t9-/m0/s1. The van der Waals surface area contributed by atoms with Crippen molar-refractivity contribution in [2.75, 3.05) is 13.6 Å². The van der Waals surface area contributed by atoms with Crippen LogP contribution in [-0.4, -0.2) is 36.4 Å². The molecule has 1 atom stereocenters. The van der Waals surface area contributed by atoms with E-state index < -0.39 is 6.04 Å². The Kier molecular flexibility index (Phi) is 5.24. The van der Waals surface area contributed by atoms with Gasteiger partial charge in [-0.1, -0.05) is 12.1 Å². The molecular weight excluding hydrogens is 286 g/mol. The number of carbonyl (C=O) groups is 1. The minimum Gasteiger partial charge on any atom is -0.360 e. The number of nitrogens with zero attached hydrogens (tertiary/aromatic N) is 1. The molecule has 0 saturated carbocycles. The summed E-state index contributed by atoms with van der Waals surface area (Å²) >= 11 is 1.38. The quantitative estimate of drug-likeness (QED) is 0.279. The molecule has 2 rings (SSSR count). The van der Waals surface area contributed by atoms with Gasteiger partial charge in [-0.3, -0.25) is 10.2 Å². The van der Waals surface area contributed by atoms with E-state index in [0.29, 0.717) is 18.0 Å². The number of ketones is 1. The highest BCUT2D eigenvalue weighted by Gasteiger charge is 2.19. The highest BCUT2D eigenvalue weighted by atomic mass is 32.1. The minimum absolute atomic E-state index is 0.111. The number of fused-ring (bicyclic) bond motifs is 1. The van der Waals surface area contributed by atoms with E-state index in [9.17, 15) is 4.79 Å². The Morgan fingerprint density at radius 1 is 1.48 bits per heavy atom. The normalized spacial score (nSPS) is 12.1. The third kappa shape index (κ3) is 3.99. The Hall–Kier alpha value is -1.99. The van der Waals surface area contributed by atoms with Gasteiger partial charge in [0.15, 0.2) is 11.0 Å². The number of aromatic nitrogens is 1. The maximum Gasteiger partial charge on any atom is 0.208 e. The molecule has 7 heteroatoms. The summed E-state index contributed by atoms with van der Waals surface area (Å²) in [7, 11) is 1.68. The average molecular weight is 305 g/mol. The first-order chi connectivity index (χ1) is 10.1. The van der Waals surface area contributed by atoms with Crippen molar-refractivity contribution in [1.29, 1.82) is 5.41 Å². The number of nitrogens with one attached hydrogen (secondary N) is 3. The molecule has 1 aromatic heterocycles. The first kappa shape index (κ1) is 15.4.